The first kappa shape index (κ1) is 19.3. The fourth-order valence-corrected chi connectivity index (χ4v) is 2.36. The number of halogens is 3. The fraction of sp³-hybridized carbons (Fsp3) is 0.167. The van der Waals surface area contributed by atoms with E-state index >= 15 is 0 Å². The molecule has 2 aromatic rings. The minimum absolute atomic E-state index is 0.0425. The summed E-state index contributed by atoms with van der Waals surface area (Å²) in [5, 5.41) is 8.59. The molecule has 0 N–H and O–H groups in total. The minimum Gasteiger partial charge on any atom is -0.452 e. The van der Waals surface area contributed by atoms with Crippen LogP contribution in [0.2, 0.25) is 5.02 Å². The van der Waals surface area contributed by atoms with Gasteiger partial charge in [0.2, 0.25) is 0 Å². The molecular weight excluding hydrogens is 366 g/mol. The van der Waals surface area contributed by atoms with Crippen molar-refractivity contribution in [2.45, 2.75) is 6.42 Å². The molecule has 5 nitrogen and oxygen atoms in total. The first-order valence-corrected chi connectivity index (χ1v) is 7.85. The van der Waals surface area contributed by atoms with Crippen molar-refractivity contribution in [2.24, 2.45) is 0 Å². The molecule has 1 amide bonds. The molecule has 0 unspecified atom stereocenters. The van der Waals surface area contributed by atoms with E-state index in [4.69, 9.17) is 21.6 Å². The number of nitriles is 1. The van der Waals surface area contributed by atoms with Crippen molar-refractivity contribution in [3.63, 3.8) is 0 Å². The van der Waals surface area contributed by atoms with Gasteiger partial charge in [-0.25, -0.2) is 13.6 Å². The van der Waals surface area contributed by atoms with Crippen LogP contribution in [-0.2, 0) is 9.53 Å². The van der Waals surface area contributed by atoms with Crippen molar-refractivity contribution in [1.82, 2.24) is 0 Å². The molecule has 0 bridgehead atoms. The highest BCUT2D eigenvalue weighted by molar-refractivity contribution is 6.33. The van der Waals surface area contributed by atoms with E-state index in [1.807, 2.05) is 6.07 Å². The Morgan fingerprint density at radius 1 is 1.12 bits per heavy atom. The number of rotatable bonds is 6. The van der Waals surface area contributed by atoms with Crippen LogP contribution in [0, 0.1) is 23.0 Å². The van der Waals surface area contributed by atoms with Crippen molar-refractivity contribution < 1.29 is 23.1 Å². The number of ether oxygens (including phenoxy) is 1. The Labute approximate surface area is 153 Å². The van der Waals surface area contributed by atoms with E-state index in [0.29, 0.717) is 5.69 Å². The molecule has 0 aromatic heterocycles. The van der Waals surface area contributed by atoms with Gasteiger partial charge in [0, 0.05) is 12.2 Å². The van der Waals surface area contributed by atoms with Gasteiger partial charge >= 0.3 is 5.97 Å². The lowest BCUT2D eigenvalue weighted by atomic mass is 10.2. The first-order chi connectivity index (χ1) is 12.4. The van der Waals surface area contributed by atoms with Gasteiger partial charge in [-0.3, -0.25) is 4.79 Å². The molecule has 0 saturated heterocycles. The third-order valence-electron chi connectivity index (χ3n) is 3.36. The molecule has 0 fully saturated rings. The van der Waals surface area contributed by atoms with E-state index in [0.717, 1.165) is 18.2 Å². The molecule has 134 valence electrons. The lowest BCUT2D eigenvalue weighted by Crippen LogP contribution is -2.35. The Hall–Kier alpha value is -2.98. The van der Waals surface area contributed by atoms with E-state index in [9.17, 15) is 18.4 Å². The summed E-state index contributed by atoms with van der Waals surface area (Å²) in [6.07, 6.45) is 0.0425. The maximum atomic E-state index is 13.0. The highest BCUT2D eigenvalue weighted by Crippen LogP contribution is 2.19. The zero-order valence-electron chi connectivity index (χ0n) is 13.4. The van der Waals surface area contributed by atoms with Crippen molar-refractivity contribution in [3.8, 4) is 6.07 Å². The Morgan fingerprint density at radius 3 is 2.38 bits per heavy atom. The van der Waals surface area contributed by atoms with Crippen LogP contribution in [0.15, 0.2) is 42.5 Å². The van der Waals surface area contributed by atoms with Crippen LogP contribution in [0.4, 0.5) is 14.5 Å². The molecule has 0 aliphatic carbocycles. The number of nitrogens with zero attached hydrogens (tertiary/aromatic N) is 2. The normalized spacial score (nSPS) is 10.1. The van der Waals surface area contributed by atoms with E-state index in [2.05, 4.69) is 0 Å². The van der Waals surface area contributed by atoms with Crippen LogP contribution in [0.5, 0.6) is 0 Å². The smallest absolute Gasteiger partial charge is 0.340 e. The number of hydrogen-bond donors (Lipinski definition) is 0. The number of carbonyl (C=O) groups excluding carboxylic acids is 2. The number of benzene rings is 2. The summed E-state index contributed by atoms with van der Waals surface area (Å²) in [7, 11) is 0. The third kappa shape index (κ3) is 5.01. The number of esters is 1. The van der Waals surface area contributed by atoms with Gasteiger partial charge in [-0.1, -0.05) is 11.6 Å². The van der Waals surface area contributed by atoms with Gasteiger partial charge in [-0.2, -0.15) is 5.26 Å². The van der Waals surface area contributed by atoms with E-state index in [-0.39, 0.29) is 23.6 Å². The highest BCUT2D eigenvalue weighted by Gasteiger charge is 2.19. The maximum absolute atomic E-state index is 13.0. The van der Waals surface area contributed by atoms with Crippen LogP contribution >= 0.6 is 11.6 Å². The quantitative estimate of drug-likeness (QED) is 0.718. The van der Waals surface area contributed by atoms with Gasteiger partial charge in [0.15, 0.2) is 6.61 Å². The van der Waals surface area contributed by atoms with Gasteiger partial charge in [-0.15, -0.1) is 0 Å². The van der Waals surface area contributed by atoms with Gasteiger partial charge in [-0.05, 0) is 42.5 Å². The minimum atomic E-state index is -0.886. The molecule has 26 heavy (non-hydrogen) atoms. The summed E-state index contributed by atoms with van der Waals surface area (Å²) in [6.45, 7) is -0.564. The predicted octanol–water partition coefficient (Wildman–Crippen LogP) is 3.72. The van der Waals surface area contributed by atoms with E-state index in [1.54, 1.807) is 0 Å². The predicted molar refractivity (Wildman–Crippen MR) is 90.7 cm³/mol. The van der Waals surface area contributed by atoms with E-state index in [1.165, 1.54) is 29.2 Å². The summed E-state index contributed by atoms with van der Waals surface area (Å²) >= 11 is 5.77. The molecule has 0 saturated carbocycles. The monoisotopic (exact) mass is 378 g/mol. The standard InChI is InChI=1S/C18H13ClF2N2O3/c19-16-10-13(21)4-7-15(16)18(25)26-11-17(24)23(9-1-8-22)14-5-2-12(20)3-6-14/h2-7,10H,1,9,11H2. The molecule has 2 aromatic carbocycles. The average Bonchev–Trinajstić information content (AvgIpc) is 2.61. The number of amides is 1. The Bertz CT molecular complexity index is 851. The van der Waals surface area contributed by atoms with Crippen molar-refractivity contribution in [1.29, 1.82) is 5.26 Å². The summed E-state index contributed by atoms with van der Waals surface area (Å²) in [4.78, 5) is 25.6. The fourth-order valence-electron chi connectivity index (χ4n) is 2.12. The van der Waals surface area contributed by atoms with Crippen LogP contribution in [-0.4, -0.2) is 25.0 Å². The second-order valence-electron chi connectivity index (χ2n) is 5.13. The number of anilines is 1. The third-order valence-corrected chi connectivity index (χ3v) is 3.68. The summed E-state index contributed by atoms with van der Waals surface area (Å²) in [5.41, 5.74) is 0.286. The largest absolute Gasteiger partial charge is 0.452 e. The van der Waals surface area contributed by atoms with Gasteiger partial charge in [0.25, 0.3) is 5.91 Å². The number of carbonyl (C=O) groups is 2. The molecule has 0 spiro atoms. The van der Waals surface area contributed by atoms with Crippen LogP contribution < -0.4 is 4.90 Å². The zero-order valence-corrected chi connectivity index (χ0v) is 14.2. The van der Waals surface area contributed by atoms with Crippen molar-refractivity contribution >= 4 is 29.2 Å². The van der Waals surface area contributed by atoms with Gasteiger partial charge in [0.05, 0.1) is 23.1 Å². The molecule has 0 aliphatic heterocycles. The van der Waals surface area contributed by atoms with E-state index < -0.39 is 30.1 Å². The maximum Gasteiger partial charge on any atom is 0.340 e. The van der Waals surface area contributed by atoms with Gasteiger partial charge in [0.1, 0.15) is 11.6 Å². The highest BCUT2D eigenvalue weighted by atomic mass is 35.5. The Morgan fingerprint density at radius 2 is 1.77 bits per heavy atom. The molecule has 0 radical (unpaired) electrons. The summed E-state index contributed by atoms with van der Waals surface area (Å²) in [5.74, 6) is -2.57. The molecule has 0 aliphatic rings. The molecule has 0 heterocycles. The summed E-state index contributed by atoms with van der Waals surface area (Å²) in [6, 6.07) is 10.2. The van der Waals surface area contributed by atoms with Crippen molar-refractivity contribution in [3.05, 3.63) is 64.7 Å². The topological polar surface area (TPSA) is 70.4 Å². The second-order valence-corrected chi connectivity index (χ2v) is 5.54. The molecule has 2 rings (SSSR count). The second kappa shape index (κ2) is 8.92. The SMILES string of the molecule is N#CCCN(C(=O)COC(=O)c1ccc(F)cc1Cl)c1ccc(F)cc1. The van der Waals surface area contributed by atoms with Gasteiger partial charge < -0.3 is 9.64 Å². The average molecular weight is 379 g/mol. The van der Waals surface area contributed by atoms with Crippen LogP contribution in [0.1, 0.15) is 16.8 Å². The van der Waals surface area contributed by atoms with Crippen LogP contribution in [0.25, 0.3) is 0 Å². The Kier molecular flexibility index (Phi) is 6.64. The van der Waals surface area contributed by atoms with Crippen molar-refractivity contribution in [2.75, 3.05) is 18.1 Å². The molecular formula is C18H13ClF2N2O3. The number of hydrogen-bond acceptors (Lipinski definition) is 4. The zero-order chi connectivity index (χ0) is 19.1. The lowest BCUT2D eigenvalue weighted by molar-refractivity contribution is -0.121. The summed E-state index contributed by atoms with van der Waals surface area (Å²) < 4.78 is 31.0. The molecule has 0 atom stereocenters. The first-order valence-electron chi connectivity index (χ1n) is 7.47. The Balaban J connectivity index is 2.07. The lowest BCUT2D eigenvalue weighted by Gasteiger charge is -2.21. The van der Waals surface area contributed by atoms with Crippen LogP contribution in [0.3, 0.4) is 0 Å². The molecule has 8 heteroatoms.